The van der Waals surface area contributed by atoms with Gasteiger partial charge in [0.15, 0.2) is 0 Å². The third-order valence-corrected chi connectivity index (χ3v) is 4.56. The first-order valence-corrected chi connectivity index (χ1v) is 9.11. The first kappa shape index (κ1) is 18.6. The van der Waals surface area contributed by atoms with Gasteiger partial charge in [0.05, 0.1) is 16.6 Å². The third kappa shape index (κ3) is 4.53. The van der Waals surface area contributed by atoms with Gasteiger partial charge in [-0.3, -0.25) is 4.79 Å². The molecule has 0 saturated heterocycles. The fourth-order valence-corrected chi connectivity index (χ4v) is 3.14. The van der Waals surface area contributed by atoms with Crippen LogP contribution in [-0.2, 0) is 24.2 Å². The van der Waals surface area contributed by atoms with E-state index in [2.05, 4.69) is 27.9 Å². The smallest absolute Gasteiger partial charge is 0.335 e. The molecule has 6 nitrogen and oxygen atoms in total. The molecule has 0 bridgehead atoms. The van der Waals surface area contributed by atoms with Crippen molar-refractivity contribution >= 4 is 22.9 Å². The molecule has 1 amide bonds. The summed E-state index contributed by atoms with van der Waals surface area (Å²) in [6.45, 7) is 3.47. The van der Waals surface area contributed by atoms with Gasteiger partial charge in [-0.25, -0.2) is 9.78 Å². The first-order chi connectivity index (χ1) is 13.1. The van der Waals surface area contributed by atoms with Gasteiger partial charge in [0.2, 0.25) is 5.91 Å². The number of aryl methyl sites for hydroxylation is 2. The number of aromatic nitrogens is 2. The van der Waals surface area contributed by atoms with Crippen molar-refractivity contribution in [1.82, 2.24) is 14.9 Å². The number of para-hydroxylation sites is 2. The van der Waals surface area contributed by atoms with Gasteiger partial charge in [-0.05, 0) is 43.2 Å². The molecule has 0 spiro atoms. The average Bonchev–Trinajstić information content (AvgIpc) is 3.04. The molecule has 0 atom stereocenters. The Bertz CT molecular complexity index is 945. The van der Waals surface area contributed by atoms with Crippen molar-refractivity contribution in [3.8, 4) is 0 Å². The second-order valence-electron chi connectivity index (χ2n) is 6.36. The predicted octanol–water partition coefficient (Wildman–Crippen LogP) is 3.05. The molecule has 0 aliphatic rings. The number of carbonyl (C=O) groups excluding carboxylic acids is 1. The van der Waals surface area contributed by atoms with Crippen LogP contribution in [0.1, 0.15) is 35.1 Å². The average molecular weight is 365 g/mol. The van der Waals surface area contributed by atoms with Crippen molar-refractivity contribution in [3.05, 3.63) is 65.5 Å². The van der Waals surface area contributed by atoms with E-state index in [0.717, 1.165) is 29.0 Å². The number of carboxylic acid groups (broad SMARTS) is 1. The zero-order valence-electron chi connectivity index (χ0n) is 15.3. The van der Waals surface area contributed by atoms with Crippen LogP contribution in [-0.4, -0.2) is 33.1 Å². The van der Waals surface area contributed by atoms with E-state index in [-0.39, 0.29) is 11.5 Å². The molecule has 2 N–H and O–H groups in total. The van der Waals surface area contributed by atoms with E-state index < -0.39 is 5.97 Å². The summed E-state index contributed by atoms with van der Waals surface area (Å²) >= 11 is 0. The summed E-state index contributed by atoms with van der Waals surface area (Å²) in [6, 6.07) is 14.7. The fourth-order valence-electron chi connectivity index (χ4n) is 3.14. The maximum atomic E-state index is 12.1. The minimum atomic E-state index is -0.947. The quantitative estimate of drug-likeness (QED) is 0.643. The van der Waals surface area contributed by atoms with Crippen LogP contribution in [0.5, 0.6) is 0 Å². The molecule has 0 radical (unpaired) electrons. The van der Waals surface area contributed by atoms with Gasteiger partial charge in [-0.2, -0.15) is 0 Å². The van der Waals surface area contributed by atoms with Crippen LogP contribution in [0.15, 0.2) is 48.5 Å². The lowest BCUT2D eigenvalue weighted by Gasteiger charge is -2.08. The molecular formula is C21H23N3O3. The number of rotatable bonds is 8. The lowest BCUT2D eigenvalue weighted by atomic mass is 10.1. The van der Waals surface area contributed by atoms with Gasteiger partial charge < -0.3 is 15.0 Å². The summed E-state index contributed by atoms with van der Waals surface area (Å²) in [4.78, 5) is 27.6. The van der Waals surface area contributed by atoms with Gasteiger partial charge in [-0.15, -0.1) is 0 Å². The number of nitrogens with zero attached hydrogens (tertiary/aromatic N) is 2. The number of carboxylic acids is 1. The van der Waals surface area contributed by atoms with Gasteiger partial charge in [-0.1, -0.05) is 24.3 Å². The molecule has 0 saturated carbocycles. The largest absolute Gasteiger partial charge is 0.478 e. The van der Waals surface area contributed by atoms with Crippen molar-refractivity contribution in [2.75, 3.05) is 6.54 Å². The molecule has 3 rings (SSSR count). The van der Waals surface area contributed by atoms with E-state index in [9.17, 15) is 9.59 Å². The zero-order valence-corrected chi connectivity index (χ0v) is 15.3. The Kier molecular flexibility index (Phi) is 5.86. The lowest BCUT2D eigenvalue weighted by molar-refractivity contribution is -0.121. The standard InChI is InChI=1S/C21H23N3O3/c1-2-24-18-6-4-3-5-17(18)23-19(24)13-14-22-20(25)12-9-15-7-10-16(11-8-15)21(26)27/h3-8,10-11H,2,9,12-14H2,1H3,(H,22,25)(H,26,27). The van der Waals surface area contributed by atoms with Crippen LogP contribution in [0.25, 0.3) is 11.0 Å². The first-order valence-electron chi connectivity index (χ1n) is 9.11. The van der Waals surface area contributed by atoms with E-state index in [1.165, 1.54) is 0 Å². The lowest BCUT2D eigenvalue weighted by Crippen LogP contribution is -2.26. The van der Waals surface area contributed by atoms with Crippen LogP contribution < -0.4 is 5.32 Å². The number of benzene rings is 2. The summed E-state index contributed by atoms with van der Waals surface area (Å²) in [5.41, 5.74) is 3.29. The molecule has 1 aromatic heterocycles. The molecule has 2 aromatic carbocycles. The number of aromatic carboxylic acids is 1. The molecule has 0 fully saturated rings. The highest BCUT2D eigenvalue weighted by molar-refractivity contribution is 5.87. The van der Waals surface area contributed by atoms with Crippen molar-refractivity contribution < 1.29 is 14.7 Å². The number of carbonyl (C=O) groups is 2. The van der Waals surface area contributed by atoms with E-state index in [1.54, 1.807) is 24.3 Å². The second-order valence-corrected chi connectivity index (χ2v) is 6.36. The van der Waals surface area contributed by atoms with Crippen LogP contribution in [0, 0.1) is 0 Å². The molecule has 0 aliphatic carbocycles. The zero-order chi connectivity index (χ0) is 19.2. The number of amides is 1. The van der Waals surface area contributed by atoms with Crippen LogP contribution in [0.2, 0.25) is 0 Å². The molecule has 140 valence electrons. The normalized spacial score (nSPS) is 10.9. The van der Waals surface area contributed by atoms with Gasteiger partial charge in [0.1, 0.15) is 5.82 Å². The summed E-state index contributed by atoms with van der Waals surface area (Å²) < 4.78 is 2.17. The highest BCUT2D eigenvalue weighted by atomic mass is 16.4. The van der Waals surface area contributed by atoms with Crippen LogP contribution >= 0.6 is 0 Å². The second kappa shape index (κ2) is 8.49. The molecule has 27 heavy (non-hydrogen) atoms. The molecule has 0 aliphatic heterocycles. The van der Waals surface area contributed by atoms with Crippen molar-refractivity contribution in [1.29, 1.82) is 0 Å². The highest BCUT2D eigenvalue weighted by Crippen LogP contribution is 2.16. The molecule has 3 aromatic rings. The third-order valence-electron chi connectivity index (χ3n) is 4.56. The van der Waals surface area contributed by atoms with E-state index in [1.807, 2.05) is 18.2 Å². The molecule has 0 unspecified atom stereocenters. The Balaban J connectivity index is 1.49. The minimum Gasteiger partial charge on any atom is -0.478 e. The Morgan fingerprint density at radius 3 is 2.52 bits per heavy atom. The SMILES string of the molecule is CCn1c(CCNC(=O)CCc2ccc(C(=O)O)cc2)nc2ccccc21. The van der Waals surface area contributed by atoms with Crippen LogP contribution in [0.4, 0.5) is 0 Å². The van der Waals surface area contributed by atoms with E-state index >= 15 is 0 Å². The minimum absolute atomic E-state index is 0.0172. The number of nitrogens with one attached hydrogen (secondary N) is 1. The topological polar surface area (TPSA) is 84.2 Å². The molecular weight excluding hydrogens is 342 g/mol. The molecule has 6 heteroatoms. The fraction of sp³-hybridized carbons (Fsp3) is 0.286. The van der Waals surface area contributed by atoms with Gasteiger partial charge >= 0.3 is 5.97 Å². The summed E-state index contributed by atoms with van der Waals surface area (Å²) in [7, 11) is 0. The Labute approximate surface area is 157 Å². The number of fused-ring (bicyclic) bond motifs is 1. The Morgan fingerprint density at radius 2 is 1.81 bits per heavy atom. The summed E-state index contributed by atoms with van der Waals surface area (Å²) in [5, 5.41) is 11.8. The van der Waals surface area contributed by atoms with Gasteiger partial charge in [0.25, 0.3) is 0 Å². The number of imidazole rings is 1. The Morgan fingerprint density at radius 1 is 1.07 bits per heavy atom. The predicted molar refractivity (Wildman–Crippen MR) is 104 cm³/mol. The van der Waals surface area contributed by atoms with E-state index in [4.69, 9.17) is 5.11 Å². The monoisotopic (exact) mass is 365 g/mol. The van der Waals surface area contributed by atoms with Crippen molar-refractivity contribution in [2.24, 2.45) is 0 Å². The molecule has 1 heterocycles. The van der Waals surface area contributed by atoms with Crippen LogP contribution in [0.3, 0.4) is 0 Å². The maximum Gasteiger partial charge on any atom is 0.335 e. The number of hydrogen-bond acceptors (Lipinski definition) is 3. The summed E-state index contributed by atoms with van der Waals surface area (Å²) in [5.74, 6) is 0.0112. The van der Waals surface area contributed by atoms with Crippen molar-refractivity contribution in [3.63, 3.8) is 0 Å². The Hall–Kier alpha value is -3.15. The summed E-state index contributed by atoms with van der Waals surface area (Å²) in [6.07, 6.45) is 1.64. The maximum absolute atomic E-state index is 12.1. The van der Waals surface area contributed by atoms with Gasteiger partial charge in [0, 0.05) is 25.9 Å². The highest BCUT2D eigenvalue weighted by Gasteiger charge is 2.09. The van der Waals surface area contributed by atoms with E-state index in [0.29, 0.717) is 25.8 Å². The van der Waals surface area contributed by atoms with Crippen molar-refractivity contribution in [2.45, 2.75) is 32.7 Å². The number of hydrogen-bond donors (Lipinski definition) is 2.